The molecule has 282 valence electrons. The van der Waals surface area contributed by atoms with Crippen LogP contribution in [0.5, 0.6) is 0 Å². The van der Waals surface area contributed by atoms with Gasteiger partial charge in [-0.1, -0.05) is 89.0 Å². The molecule has 3 N–H and O–H groups in total. The first kappa shape index (κ1) is 41.1. The van der Waals surface area contributed by atoms with Gasteiger partial charge in [0.25, 0.3) is 5.91 Å². The number of rotatable bonds is 14. The molecule has 3 fully saturated rings. The average Bonchev–Trinajstić information content (AvgIpc) is 3.29. The molecule has 0 aromatic rings. The van der Waals surface area contributed by atoms with Gasteiger partial charge in [-0.05, 0) is 46.8 Å². The van der Waals surface area contributed by atoms with Crippen molar-refractivity contribution < 1.29 is 33.6 Å². The van der Waals surface area contributed by atoms with Crippen LogP contribution in [0, 0.1) is 39.4 Å². The van der Waals surface area contributed by atoms with Gasteiger partial charge in [-0.25, -0.2) is 0 Å². The molecule has 2 heterocycles. The molecule has 0 aromatic heterocycles. The van der Waals surface area contributed by atoms with E-state index < -0.39 is 57.9 Å². The second-order valence-electron chi connectivity index (χ2n) is 18.3. The molecule has 6 atom stereocenters. The van der Waals surface area contributed by atoms with Gasteiger partial charge >= 0.3 is 0 Å². The van der Waals surface area contributed by atoms with E-state index in [9.17, 15) is 33.6 Å². The number of ketones is 1. The maximum absolute atomic E-state index is 14.5. The number of hydrogen-bond acceptors (Lipinski definition) is 7. The predicted molar refractivity (Wildman–Crippen MR) is 190 cm³/mol. The summed E-state index contributed by atoms with van der Waals surface area (Å²) in [4.78, 5) is 96.6. The normalized spacial score (nSPS) is 24.5. The number of amides is 6. The Morgan fingerprint density at radius 1 is 0.880 bits per heavy atom. The monoisotopic (exact) mass is 701 g/mol. The lowest BCUT2D eigenvalue weighted by atomic mass is 9.77. The summed E-state index contributed by atoms with van der Waals surface area (Å²) in [5.74, 6) is -3.95. The number of likely N-dealkylation sites (tertiary alicyclic amines) is 2. The number of carbonyl (C=O) groups is 7. The molecule has 3 aliphatic rings. The molecule has 0 aromatic carbocycles. The minimum absolute atomic E-state index is 0.0398. The number of nitrogens with zero attached hydrogens (tertiary/aromatic N) is 2. The van der Waals surface area contributed by atoms with Crippen molar-refractivity contribution in [3.8, 4) is 0 Å². The zero-order chi connectivity index (χ0) is 38.1. The highest BCUT2D eigenvalue weighted by molar-refractivity contribution is 6.38. The summed E-state index contributed by atoms with van der Waals surface area (Å²) in [6.07, 6.45) is 2.05. The minimum atomic E-state index is -1.00. The molecule has 3 rings (SSSR count). The molecule has 2 aliphatic heterocycles. The fraction of sp³-hybridized carbons (Fsp3) is 0.816. The van der Waals surface area contributed by atoms with Crippen LogP contribution in [0.2, 0.25) is 0 Å². The lowest BCUT2D eigenvalue weighted by Crippen LogP contribution is -2.57. The van der Waals surface area contributed by atoms with E-state index in [4.69, 9.17) is 0 Å². The van der Waals surface area contributed by atoms with Crippen LogP contribution in [0.1, 0.15) is 122 Å². The van der Waals surface area contributed by atoms with Gasteiger partial charge in [-0.15, -0.1) is 0 Å². The molecular formula is C38H63N5O7. The zero-order valence-electron chi connectivity index (χ0n) is 32.6. The van der Waals surface area contributed by atoms with Crippen LogP contribution in [0.15, 0.2) is 0 Å². The lowest BCUT2D eigenvalue weighted by Gasteiger charge is -2.40. The number of fused-ring (bicyclic) bond motifs is 1. The van der Waals surface area contributed by atoms with Gasteiger partial charge in [-0.2, -0.15) is 0 Å². The SMILES string of the molecule is CCCCC(NC(=O)[C@@H]1[C@@H]2[C@H](CN1C(=O)[C@@H](CC(=O)N[C@H](CN1C(=O)CC(C)(C)CC1=O)C(C)(C)C)C(C)(C)C)C2(C)C)C(=O)C(=O)NCC. The zero-order valence-corrected chi connectivity index (χ0v) is 32.6. The van der Waals surface area contributed by atoms with Gasteiger partial charge in [0.1, 0.15) is 6.04 Å². The number of Topliss-reactive ketones (excluding diaryl/α,β-unsaturated/α-hetero) is 1. The van der Waals surface area contributed by atoms with Crippen LogP contribution >= 0.6 is 0 Å². The fourth-order valence-electron chi connectivity index (χ4n) is 7.69. The Balaban J connectivity index is 1.83. The van der Waals surface area contributed by atoms with Crippen LogP contribution in [0.4, 0.5) is 0 Å². The van der Waals surface area contributed by atoms with E-state index in [-0.39, 0.29) is 73.2 Å². The number of carbonyl (C=O) groups excluding carboxylic acids is 7. The van der Waals surface area contributed by atoms with Gasteiger partial charge in [0.2, 0.25) is 35.3 Å². The van der Waals surface area contributed by atoms with E-state index in [1.54, 1.807) is 11.8 Å². The van der Waals surface area contributed by atoms with Crippen molar-refractivity contribution >= 4 is 41.2 Å². The quantitative estimate of drug-likeness (QED) is 0.184. The summed E-state index contributed by atoms with van der Waals surface area (Å²) < 4.78 is 0. The topological polar surface area (TPSA) is 162 Å². The first-order valence-corrected chi connectivity index (χ1v) is 18.4. The van der Waals surface area contributed by atoms with Crippen molar-refractivity contribution in [1.29, 1.82) is 0 Å². The molecule has 1 aliphatic carbocycles. The number of imide groups is 1. The molecule has 0 bridgehead atoms. The van der Waals surface area contributed by atoms with Crippen LogP contribution in [-0.4, -0.2) is 88.8 Å². The van der Waals surface area contributed by atoms with Crippen LogP contribution < -0.4 is 16.0 Å². The average molecular weight is 702 g/mol. The third-order valence-electron chi connectivity index (χ3n) is 11.1. The van der Waals surface area contributed by atoms with E-state index in [2.05, 4.69) is 29.8 Å². The molecule has 12 nitrogen and oxygen atoms in total. The van der Waals surface area contributed by atoms with Crippen LogP contribution in [0.3, 0.4) is 0 Å². The molecule has 0 radical (unpaired) electrons. The summed E-state index contributed by atoms with van der Waals surface area (Å²) in [6, 6.07) is -2.40. The first-order chi connectivity index (χ1) is 22.9. The molecule has 6 amide bonds. The fourth-order valence-corrected chi connectivity index (χ4v) is 7.69. The smallest absolute Gasteiger partial charge is 0.289 e. The van der Waals surface area contributed by atoms with Gasteiger partial charge < -0.3 is 20.9 Å². The Hall–Kier alpha value is -3.31. The molecule has 0 spiro atoms. The number of likely N-dealkylation sites (N-methyl/N-ethyl adjacent to an activating group) is 1. The summed E-state index contributed by atoms with van der Waals surface area (Å²) in [5.41, 5.74) is -1.76. The summed E-state index contributed by atoms with van der Waals surface area (Å²) in [5, 5.41) is 8.42. The molecule has 1 saturated carbocycles. The molecule has 12 heteroatoms. The van der Waals surface area contributed by atoms with E-state index in [1.165, 1.54) is 4.90 Å². The number of hydrogen-bond donors (Lipinski definition) is 3. The Labute approximate surface area is 299 Å². The maximum Gasteiger partial charge on any atom is 0.289 e. The number of nitrogens with one attached hydrogen (secondary N) is 3. The van der Waals surface area contributed by atoms with Crippen molar-refractivity contribution in [2.75, 3.05) is 19.6 Å². The van der Waals surface area contributed by atoms with E-state index in [1.807, 2.05) is 62.3 Å². The Morgan fingerprint density at radius 3 is 1.96 bits per heavy atom. The summed E-state index contributed by atoms with van der Waals surface area (Å²) >= 11 is 0. The van der Waals surface area contributed by atoms with Gasteiger partial charge in [-0.3, -0.25) is 38.5 Å². The van der Waals surface area contributed by atoms with Crippen molar-refractivity contribution in [2.24, 2.45) is 39.4 Å². The highest BCUT2D eigenvalue weighted by Gasteiger charge is 2.69. The molecular weight excluding hydrogens is 638 g/mol. The van der Waals surface area contributed by atoms with Gasteiger partial charge in [0.15, 0.2) is 0 Å². The largest absolute Gasteiger partial charge is 0.351 e. The summed E-state index contributed by atoms with van der Waals surface area (Å²) in [6.45, 7) is 23.7. The third kappa shape index (κ3) is 9.32. The highest BCUT2D eigenvalue weighted by Crippen LogP contribution is 2.65. The lowest BCUT2D eigenvalue weighted by molar-refractivity contribution is -0.154. The van der Waals surface area contributed by atoms with E-state index in [0.29, 0.717) is 19.4 Å². The van der Waals surface area contributed by atoms with Crippen LogP contribution in [-0.2, 0) is 33.6 Å². The van der Waals surface area contributed by atoms with Crippen molar-refractivity contribution in [3.63, 3.8) is 0 Å². The molecule has 1 unspecified atom stereocenters. The Morgan fingerprint density at radius 2 is 1.46 bits per heavy atom. The van der Waals surface area contributed by atoms with Gasteiger partial charge in [0, 0.05) is 38.9 Å². The van der Waals surface area contributed by atoms with Crippen molar-refractivity contribution in [1.82, 2.24) is 25.8 Å². The number of unbranched alkanes of at least 4 members (excludes halogenated alkanes) is 1. The standard InChI is InChI=1S/C38H63N5O7/c1-13-15-16-24(31(47)33(49)39-14-2)40-32(48)30-29-23(38(29,11)12)20-43(30)34(50)22(35(3,4)5)17-26(44)41-25(36(6,7)8)21-42-27(45)18-37(9,10)19-28(42)46/h22-25,29-30H,13-21H2,1-12H3,(H,39,49)(H,40,48)(H,41,44)/t22-,23+,24?,25-,29+,30+/m1/s1. The van der Waals surface area contributed by atoms with E-state index >= 15 is 0 Å². The molecule has 50 heavy (non-hydrogen) atoms. The number of piperidine rings is 2. The highest BCUT2D eigenvalue weighted by atomic mass is 16.2. The van der Waals surface area contributed by atoms with Gasteiger partial charge in [0.05, 0.1) is 18.0 Å². The third-order valence-corrected chi connectivity index (χ3v) is 11.1. The molecule has 2 saturated heterocycles. The second-order valence-corrected chi connectivity index (χ2v) is 18.3. The maximum atomic E-state index is 14.5. The second kappa shape index (κ2) is 15.1. The summed E-state index contributed by atoms with van der Waals surface area (Å²) in [7, 11) is 0. The first-order valence-electron chi connectivity index (χ1n) is 18.4. The minimum Gasteiger partial charge on any atom is -0.351 e. The van der Waals surface area contributed by atoms with E-state index in [0.717, 1.165) is 6.42 Å². The van der Waals surface area contributed by atoms with Crippen LogP contribution in [0.25, 0.3) is 0 Å². The Kier molecular flexibility index (Phi) is 12.4. The predicted octanol–water partition coefficient (Wildman–Crippen LogP) is 3.61. The van der Waals surface area contributed by atoms with Crippen molar-refractivity contribution in [3.05, 3.63) is 0 Å². The van der Waals surface area contributed by atoms with Crippen molar-refractivity contribution in [2.45, 2.75) is 140 Å². The Bertz CT molecular complexity index is 1340.